The fourth-order valence-corrected chi connectivity index (χ4v) is 4.00. The van der Waals surface area contributed by atoms with E-state index in [1.165, 1.54) is 35.7 Å². The molecule has 0 aliphatic heterocycles. The van der Waals surface area contributed by atoms with Gasteiger partial charge >= 0.3 is 0 Å². The second-order valence-electron chi connectivity index (χ2n) is 7.38. The molecule has 1 aromatic carbocycles. The number of carbonyl (C=O) groups is 1. The molecule has 1 aliphatic rings. The fraction of sp³-hybridized carbons (Fsp3) is 0.550. The van der Waals surface area contributed by atoms with Crippen molar-refractivity contribution in [2.45, 2.75) is 57.7 Å². The van der Waals surface area contributed by atoms with Gasteiger partial charge in [-0.25, -0.2) is 0 Å². The summed E-state index contributed by atoms with van der Waals surface area (Å²) in [6.45, 7) is 6.42. The van der Waals surface area contributed by atoms with Crippen LogP contribution in [0.1, 0.15) is 43.7 Å². The van der Waals surface area contributed by atoms with Crippen LogP contribution in [-0.2, 0) is 4.79 Å². The second kappa shape index (κ2) is 8.25. The number of nitrogens with zero attached hydrogens (tertiary/aromatic N) is 3. The van der Waals surface area contributed by atoms with Gasteiger partial charge < -0.3 is 9.32 Å². The molecule has 2 aromatic rings. The average molecular weight is 374 g/mol. The van der Waals surface area contributed by atoms with Gasteiger partial charge in [0.1, 0.15) is 0 Å². The first-order valence-corrected chi connectivity index (χ1v) is 10.2. The van der Waals surface area contributed by atoms with E-state index in [-0.39, 0.29) is 5.91 Å². The van der Waals surface area contributed by atoms with Crippen molar-refractivity contribution in [1.29, 1.82) is 0 Å². The summed E-state index contributed by atoms with van der Waals surface area (Å²) in [7, 11) is 1.91. The SMILES string of the molecule is Cc1ccc(-c2nnc(SCC(=O)N(C)C3CCC(C)CC3)o2)cc1C. The van der Waals surface area contributed by atoms with Crippen LogP contribution in [-0.4, -0.2) is 39.8 Å². The Kier molecular flexibility index (Phi) is 6.01. The lowest BCUT2D eigenvalue weighted by atomic mass is 9.87. The molecule has 0 atom stereocenters. The van der Waals surface area contributed by atoms with Crippen LogP contribution in [0.3, 0.4) is 0 Å². The summed E-state index contributed by atoms with van der Waals surface area (Å²) in [6.07, 6.45) is 4.62. The Morgan fingerprint density at radius 3 is 2.62 bits per heavy atom. The van der Waals surface area contributed by atoms with Gasteiger partial charge in [-0.15, -0.1) is 10.2 Å². The maximum atomic E-state index is 12.5. The van der Waals surface area contributed by atoms with Crippen LogP contribution in [0.25, 0.3) is 11.5 Å². The highest BCUT2D eigenvalue weighted by atomic mass is 32.2. The first kappa shape index (κ1) is 19.0. The molecule has 0 radical (unpaired) electrons. The minimum atomic E-state index is 0.125. The topological polar surface area (TPSA) is 59.2 Å². The van der Waals surface area contributed by atoms with Crippen LogP contribution < -0.4 is 0 Å². The molecule has 1 heterocycles. The first-order chi connectivity index (χ1) is 12.4. The van der Waals surface area contributed by atoms with Crippen molar-refractivity contribution in [2.24, 2.45) is 5.92 Å². The number of benzene rings is 1. The first-order valence-electron chi connectivity index (χ1n) is 9.23. The van der Waals surface area contributed by atoms with E-state index in [1.807, 2.05) is 30.1 Å². The number of aromatic nitrogens is 2. The summed E-state index contributed by atoms with van der Waals surface area (Å²) in [4.78, 5) is 14.4. The summed E-state index contributed by atoms with van der Waals surface area (Å²) in [6, 6.07) is 6.44. The van der Waals surface area contributed by atoms with E-state index in [0.29, 0.717) is 22.9 Å². The van der Waals surface area contributed by atoms with Gasteiger partial charge in [0.05, 0.1) is 5.75 Å². The third-order valence-electron chi connectivity index (χ3n) is 5.41. The van der Waals surface area contributed by atoms with Crippen LogP contribution >= 0.6 is 11.8 Å². The zero-order valence-corrected chi connectivity index (χ0v) is 16.8. The van der Waals surface area contributed by atoms with E-state index in [2.05, 4.69) is 31.0 Å². The Labute approximate surface area is 159 Å². The van der Waals surface area contributed by atoms with Crippen molar-refractivity contribution in [3.05, 3.63) is 29.3 Å². The summed E-state index contributed by atoms with van der Waals surface area (Å²) in [5, 5.41) is 8.63. The lowest BCUT2D eigenvalue weighted by molar-refractivity contribution is -0.129. The number of hydrogen-bond acceptors (Lipinski definition) is 5. The van der Waals surface area contributed by atoms with Gasteiger partial charge in [0, 0.05) is 18.7 Å². The number of hydrogen-bond donors (Lipinski definition) is 0. The van der Waals surface area contributed by atoms with Crippen molar-refractivity contribution in [1.82, 2.24) is 15.1 Å². The summed E-state index contributed by atoms with van der Waals surface area (Å²) >= 11 is 1.31. The van der Waals surface area contributed by atoms with Crippen LogP contribution in [0.15, 0.2) is 27.8 Å². The summed E-state index contributed by atoms with van der Waals surface area (Å²) < 4.78 is 5.72. The smallest absolute Gasteiger partial charge is 0.277 e. The van der Waals surface area contributed by atoms with E-state index in [1.54, 1.807) is 0 Å². The van der Waals surface area contributed by atoms with Crippen LogP contribution in [0.5, 0.6) is 0 Å². The summed E-state index contributed by atoms with van der Waals surface area (Å²) in [5.74, 6) is 1.74. The number of thioether (sulfide) groups is 1. The highest BCUT2D eigenvalue weighted by Gasteiger charge is 2.25. The van der Waals surface area contributed by atoms with Gasteiger partial charge in [-0.05, 0) is 68.7 Å². The van der Waals surface area contributed by atoms with Gasteiger partial charge in [0.15, 0.2) is 0 Å². The Balaban J connectivity index is 1.55. The van der Waals surface area contributed by atoms with Crippen LogP contribution in [0.4, 0.5) is 0 Å². The molecular formula is C20H27N3O2S. The van der Waals surface area contributed by atoms with Gasteiger partial charge in [0.25, 0.3) is 5.22 Å². The Morgan fingerprint density at radius 2 is 1.92 bits per heavy atom. The van der Waals surface area contributed by atoms with Gasteiger partial charge in [-0.2, -0.15) is 0 Å². The molecule has 5 nitrogen and oxygen atoms in total. The molecule has 0 bridgehead atoms. The quantitative estimate of drug-likeness (QED) is 0.723. The Hall–Kier alpha value is -1.82. The minimum Gasteiger partial charge on any atom is -0.411 e. The van der Waals surface area contributed by atoms with Gasteiger partial charge in [0.2, 0.25) is 11.8 Å². The molecule has 1 amide bonds. The second-order valence-corrected chi connectivity index (χ2v) is 8.31. The third-order valence-corrected chi connectivity index (χ3v) is 6.21. The lowest BCUT2D eigenvalue weighted by Gasteiger charge is -2.33. The Morgan fingerprint density at radius 1 is 1.19 bits per heavy atom. The van der Waals surface area contributed by atoms with E-state index in [9.17, 15) is 4.79 Å². The van der Waals surface area contributed by atoms with Crippen LogP contribution in [0.2, 0.25) is 0 Å². The molecule has 1 fully saturated rings. The van der Waals surface area contributed by atoms with Crippen molar-refractivity contribution < 1.29 is 9.21 Å². The van der Waals surface area contributed by atoms with Gasteiger partial charge in [-0.1, -0.05) is 24.8 Å². The predicted molar refractivity (Wildman–Crippen MR) is 104 cm³/mol. The number of carbonyl (C=O) groups excluding carboxylic acids is 1. The van der Waals surface area contributed by atoms with Crippen LogP contribution in [0, 0.1) is 19.8 Å². The largest absolute Gasteiger partial charge is 0.411 e. The van der Waals surface area contributed by atoms with E-state index < -0.39 is 0 Å². The van der Waals surface area contributed by atoms with Crippen molar-refractivity contribution in [3.8, 4) is 11.5 Å². The molecule has 0 unspecified atom stereocenters. The standard InChI is InChI=1S/C20H27N3O2S/c1-13-5-9-17(10-6-13)23(4)18(24)12-26-20-22-21-19(25-20)16-8-7-14(2)15(3)11-16/h7-8,11,13,17H,5-6,9-10,12H2,1-4H3. The van der Waals surface area contributed by atoms with Crippen molar-refractivity contribution in [3.63, 3.8) is 0 Å². The van der Waals surface area contributed by atoms with Gasteiger partial charge in [-0.3, -0.25) is 4.79 Å². The maximum absolute atomic E-state index is 12.5. The predicted octanol–water partition coefficient (Wildman–Crippen LogP) is 4.48. The average Bonchev–Trinajstić information content (AvgIpc) is 3.11. The molecule has 1 aromatic heterocycles. The molecule has 1 aliphatic carbocycles. The van der Waals surface area contributed by atoms with Crippen molar-refractivity contribution in [2.75, 3.05) is 12.8 Å². The monoisotopic (exact) mass is 373 g/mol. The molecular weight excluding hydrogens is 346 g/mol. The highest BCUT2D eigenvalue weighted by Crippen LogP contribution is 2.28. The normalized spacial score (nSPS) is 20.2. The molecule has 0 spiro atoms. The number of amides is 1. The van der Waals surface area contributed by atoms with Crippen molar-refractivity contribution >= 4 is 17.7 Å². The Bertz CT molecular complexity index is 766. The molecule has 0 N–H and O–H groups in total. The summed E-state index contributed by atoms with van der Waals surface area (Å²) in [5.41, 5.74) is 3.33. The number of aryl methyl sites for hydroxylation is 2. The zero-order valence-electron chi connectivity index (χ0n) is 16.0. The third kappa shape index (κ3) is 4.47. The van der Waals surface area contributed by atoms with E-state index >= 15 is 0 Å². The molecule has 1 saturated carbocycles. The highest BCUT2D eigenvalue weighted by molar-refractivity contribution is 7.99. The van der Waals surface area contributed by atoms with E-state index in [0.717, 1.165) is 24.3 Å². The molecule has 6 heteroatoms. The fourth-order valence-electron chi connectivity index (χ4n) is 3.32. The minimum absolute atomic E-state index is 0.125. The molecule has 3 rings (SSSR count). The lowest BCUT2D eigenvalue weighted by Crippen LogP contribution is -2.40. The number of rotatable bonds is 5. The molecule has 26 heavy (non-hydrogen) atoms. The zero-order chi connectivity index (χ0) is 18.7. The van der Waals surface area contributed by atoms with E-state index in [4.69, 9.17) is 4.42 Å². The molecule has 140 valence electrons. The maximum Gasteiger partial charge on any atom is 0.277 e. The molecule has 0 saturated heterocycles.